The van der Waals surface area contributed by atoms with Gasteiger partial charge in [-0.25, -0.2) is 13.9 Å². The van der Waals surface area contributed by atoms with Gasteiger partial charge in [0.05, 0.1) is 17.4 Å². The summed E-state index contributed by atoms with van der Waals surface area (Å²) < 4.78 is 23.8. The minimum Gasteiger partial charge on any atom is -0.294 e. The Morgan fingerprint density at radius 3 is 2.81 bits per heavy atom. The van der Waals surface area contributed by atoms with E-state index in [1.807, 2.05) is 18.2 Å². The summed E-state index contributed by atoms with van der Waals surface area (Å²) in [6.45, 7) is 1.79. The topological polar surface area (TPSA) is 118 Å². The first-order valence-corrected chi connectivity index (χ1v) is 9.94. The molecule has 8 nitrogen and oxygen atoms in total. The fourth-order valence-electron chi connectivity index (χ4n) is 3.30. The maximum atomic E-state index is 11.9. The van der Waals surface area contributed by atoms with E-state index < -0.39 is 22.0 Å². The lowest BCUT2D eigenvalue weighted by molar-refractivity contribution is -0.138. The summed E-state index contributed by atoms with van der Waals surface area (Å²) in [7, 11) is -2.78. The lowest BCUT2D eigenvalue weighted by Crippen LogP contribution is -2.41. The fraction of sp³-hybridized carbons (Fsp3) is 0.389. The average Bonchev–Trinajstić information content (AvgIpc) is 3.25. The van der Waals surface area contributed by atoms with Gasteiger partial charge in [0, 0.05) is 30.3 Å². The predicted molar refractivity (Wildman–Crippen MR) is 98.1 cm³/mol. The number of thiol groups is 1. The number of carbonyl (C=O) groups excluding carboxylic acids is 2. The standard InChI is InChI=1S/C18H21N3O5S/c1-18(11-27(25)26,17(23)20-24)6-7-21-10-14(9-19-21)13-3-2-12-4-5-16(22)15(12)8-13/h2-3,8-10,24,27H,4-7,11H2,1H3,(H,20,23). The first-order chi connectivity index (χ1) is 12.8. The Morgan fingerprint density at radius 1 is 1.33 bits per heavy atom. The quantitative estimate of drug-likeness (QED) is 0.371. The van der Waals surface area contributed by atoms with E-state index in [4.69, 9.17) is 5.21 Å². The summed E-state index contributed by atoms with van der Waals surface area (Å²) in [5, 5.41) is 13.1. The van der Waals surface area contributed by atoms with Crippen LogP contribution in [-0.4, -0.2) is 40.8 Å². The highest BCUT2D eigenvalue weighted by molar-refractivity contribution is 7.72. The summed E-state index contributed by atoms with van der Waals surface area (Å²) in [5.74, 6) is -0.960. The Balaban J connectivity index is 1.75. The molecule has 0 bridgehead atoms. The van der Waals surface area contributed by atoms with Crippen LogP contribution in [0.4, 0.5) is 0 Å². The van der Waals surface area contributed by atoms with E-state index in [1.165, 1.54) is 12.4 Å². The SMILES string of the molecule is CC(CCn1cc(-c2ccc3c(c2)C(=O)CC3)cn1)(C[SH](=O)=O)C(=O)NO. The number of nitrogens with one attached hydrogen (secondary N) is 1. The zero-order valence-electron chi connectivity index (χ0n) is 14.8. The highest BCUT2D eigenvalue weighted by Gasteiger charge is 2.34. The molecule has 1 atom stereocenters. The van der Waals surface area contributed by atoms with Crippen molar-refractivity contribution in [3.63, 3.8) is 0 Å². The Bertz CT molecular complexity index is 958. The highest BCUT2D eigenvalue weighted by atomic mass is 32.2. The average molecular weight is 391 g/mol. The molecular formula is C18H21N3O5S. The maximum absolute atomic E-state index is 11.9. The van der Waals surface area contributed by atoms with Gasteiger partial charge in [-0.05, 0) is 37.0 Å². The van der Waals surface area contributed by atoms with Gasteiger partial charge in [-0.15, -0.1) is 0 Å². The summed E-state index contributed by atoms with van der Waals surface area (Å²) in [5.41, 5.74) is 3.82. The number of Topliss-reactive ketones (excluding diaryl/α,β-unsaturated/α-hetero) is 1. The number of benzene rings is 1. The van der Waals surface area contributed by atoms with Crippen LogP contribution in [0.25, 0.3) is 11.1 Å². The second-order valence-corrected chi connectivity index (χ2v) is 8.01. The lowest BCUT2D eigenvalue weighted by Gasteiger charge is -2.24. The molecule has 9 heteroatoms. The summed E-state index contributed by atoms with van der Waals surface area (Å²) in [6, 6.07) is 5.78. The number of hydrogen-bond acceptors (Lipinski definition) is 6. The van der Waals surface area contributed by atoms with Crippen LogP contribution in [0.3, 0.4) is 0 Å². The molecule has 2 aromatic rings. The van der Waals surface area contributed by atoms with Gasteiger partial charge in [0.15, 0.2) is 5.78 Å². The Labute approximate surface area is 158 Å². The van der Waals surface area contributed by atoms with Crippen molar-refractivity contribution in [1.29, 1.82) is 0 Å². The van der Waals surface area contributed by atoms with Crippen LogP contribution in [0.5, 0.6) is 0 Å². The van der Waals surface area contributed by atoms with Crippen LogP contribution >= 0.6 is 0 Å². The highest BCUT2D eigenvalue weighted by Crippen LogP contribution is 2.28. The molecule has 1 unspecified atom stereocenters. The van der Waals surface area contributed by atoms with Gasteiger partial charge in [-0.2, -0.15) is 5.10 Å². The lowest BCUT2D eigenvalue weighted by atomic mass is 9.88. The number of nitrogens with zero attached hydrogens (tertiary/aromatic N) is 2. The third-order valence-electron chi connectivity index (χ3n) is 5.02. The molecule has 0 spiro atoms. The van der Waals surface area contributed by atoms with E-state index in [1.54, 1.807) is 17.1 Å². The minimum atomic E-state index is -2.78. The number of fused-ring (bicyclic) bond motifs is 1. The Kier molecular flexibility index (Phi) is 5.43. The summed E-state index contributed by atoms with van der Waals surface area (Å²) in [6.07, 6.45) is 4.97. The number of hydroxylamine groups is 1. The molecule has 0 radical (unpaired) electrons. The van der Waals surface area contributed by atoms with E-state index in [2.05, 4.69) is 5.10 Å². The molecule has 27 heavy (non-hydrogen) atoms. The van der Waals surface area contributed by atoms with Crippen LogP contribution in [0.1, 0.15) is 35.7 Å². The number of ketones is 1. The van der Waals surface area contributed by atoms with E-state index in [0.717, 1.165) is 28.7 Å². The van der Waals surface area contributed by atoms with Crippen molar-refractivity contribution in [2.45, 2.75) is 32.7 Å². The molecule has 0 aliphatic heterocycles. The molecule has 2 N–H and O–H groups in total. The molecule has 1 aromatic heterocycles. The molecule has 144 valence electrons. The van der Waals surface area contributed by atoms with E-state index in [0.29, 0.717) is 13.0 Å². The van der Waals surface area contributed by atoms with E-state index >= 15 is 0 Å². The van der Waals surface area contributed by atoms with E-state index in [-0.39, 0.29) is 18.0 Å². The molecule has 1 heterocycles. The number of rotatable bonds is 7. The van der Waals surface area contributed by atoms with Crippen LogP contribution in [0, 0.1) is 5.41 Å². The first-order valence-electron chi connectivity index (χ1n) is 8.58. The second kappa shape index (κ2) is 7.61. The fourth-order valence-corrected chi connectivity index (χ4v) is 4.17. The number of aryl methyl sites for hydroxylation is 2. The van der Waals surface area contributed by atoms with Gasteiger partial charge in [-0.3, -0.25) is 19.5 Å². The van der Waals surface area contributed by atoms with Crippen molar-refractivity contribution in [3.8, 4) is 11.1 Å². The molecule has 1 aliphatic carbocycles. The van der Waals surface area contributed by atoms with Crippen molar-refractivity contribution >= 4 is 22.4 Å². The molecule has 1 amide bonds. The van der Waals surface area contributed by atoms with Crippen LogP contribution < -0.4 is 5.48 Å². The normalized spacial score (nSPS) is 15.6. The maximum Gasteiger partial charge on any atom is 0.250 e. The van der Waals surface area contributed by atoms with Crippen molar-refractivity contribution in [1.82, 2.24) is 15.3 Å². The van der Waals surface area contributed by atoms with Gasteiger partial charge in [-0.1, -0.05) is 12.1 Å². The van der Waals surface area contributed by atoms with Crippen molar-refractivity contribution < 1.29 is 23.2 Å². The summed E-state index contributed by atoms with van der Waals surface area (Å²) >= 11 is 0. The monoisotopic (exact) mass is 391 g/mol. The number of amides is 1. The van der Waals surface area contributed by atoms with Gasteiger partial charge in [0.1, 0.15) is 10.7 Å². The smallest absolute Gasteiger partial charge is 0.250 e. The van der Waals surface area contributed by atoms with Crippen molar-refractivity contribution in [3.05, 3.63) is 41.7 Å². The van der Waals surface area contributed by atoms with E-state index in [9.17, 15) is 18.0 Å². The molecule has 1 aliphatic rings. The number of hydrogen-bond donors (Lipinski definition) is 3. The van der Waals surface area contributed by atoms with Gasteiger partial charge >= 0.3 is 0 Å². The molecule has 0 fully saturated rings. The second-order valence-electron chi connectivity index (χ2n) is 7.03. The van der Waals surface area contributed by atoms with Crippen LogP contribution in [-0.2, 0) is 28.5 Å². The van der Waals surface area contributed by atoms with Crippen LogP contribution in [0.15, 0.2) is 30.6 Å². The minimum absolute atomic E-state index is 0.150. The van der Waals surface area contributed by atoms with Gasteiger partial charge < -0.3 is 0 Å². The summed E-state index contributed by atoms with van der Waals surface area (Å²) in [4.78, 5) is 23.8. The molecule has 3 rings (SSSR count). The van der Waals surface area contributed by atoms with Crippen LogP contribution in [0.2, 0.25) is 0 Å². The van der Waals surface area contributed by atoms with Crippen molar-refractivity contribution in [2.24, 2.45) is 5.41 Å². The predicted octanol–water partition coefficient (Wildman–Crippen LogP) is 1.19. The first kappa shape index (κ1) is 19.2. The largest absolute Gasteiger partial charge is 0.294 e. The Morgan fingerprint density at radius 2 is 2.11 bits per heavy atom. The third-order valence-corrected chi connectivity index (χ3v) is 5.97. The molecule has 0 saturated heterocycles. The third kappa shape index (κ3) is 4.09. The molecular weight excluding hydrogens is 370 g/mol. The zero-order valence-corrected chi connectivity index (χ0v) is 15.7. The van der Waals surface area contributed by atoms with Gasteiger partial charge in [0.25, 0.3) is 0 Å². The number of carbonyl (C=O) groups is 2. The zero-order chi connectivity index (χ0) is 19.6. The molecule has 0 saturated carbocycles. The molecule has 1 aromatic carbocycles. The number of aromatic nitrogens is 2. The van der Waals surface area contributed by atoms with Gasteiger partial charge in [0.2, 0.25) is 5.91 Å². The van der Waals surface area contributed by atoms with Crippen molar-refractivity contribution in [2.75, 3.05) is 5.75 Å². The Hall–Kier alpha value is -2.52.